The van der Waals surface area contributed by atoms with Crippen LogP contribution in [0.4, 0.5) is 10.5 Å². The average molecular weight is 895 g/mol. The largest absolute Gasteiger partial charge is 0.504 e. The zero-order valence-corrected chi connectivity index (χ0v) is 39.8. The zero-order valence-electron chi connectivity index (χ0n) is 39.0. The summed E-state index contributed by atoms with van der Waals surface area (Å²) in [6, 6.07) is 8.58. The van der Waals surface area contributed by atoms with Crippen molar-refractivity contribution in [3.05, 3.63) is 41.7 Å². The molecule has 5 rings (SSSR count). The molecule has 13 nitrogen and oxygen atoms in total. The number of urea groups is 1. The van der Waals surface area contributed by atoms with Crippen molar-refractivity contribution in [1.82, 2.24) is 25.8 Å². The number of carbonyl (C=O) groups is 5. The van der Waals surface area contributed by atoms with Crippen LogP contribution in [0.25, 0.3) is 0 Å². The molecule has 5 amide bonds. The van der Waals surface area contributed by atoms with Gasteiger partial charge in [0.05, 0.1) is 44.1 Å². The number of esters is 1. The number of para-hydroxylation sites is 1. The lowest BCUT2D eigenvalue weighted by molar-refractivity contribution is -0.137. The van der Waals surface area contributed by atoms with Crippen molar-refractivity contribution in [1.29, 1.82) is 0 Å². The van der Waals surface area contributed by atoms with Gasteiger partial charge in [0, 0.05) is 68.3 Å². The summed E-state index contributed by atoms with van der Waals surface area (Å²) in [5.74, 6) is 1.15. The summed E-state index contributed by atoms with van der Waals surface area (Å²) in [6.45, 7) is 10.8. The number of carbonyl (C=O) groups excluding carboxylic acids is 5. The zero-order chi connectivity index (χ0) is 45.1. The van der Waals surface area contributed by atoms with E-state index in [4.69, 9.17) is 9.47 Å². The maximum absolute atomic E-state index is 14.7. The van der Waals surface area contributed by atoms with E-state index in [1.165, 1.54) is 13.4 Å². The minimum Gasteiger partial charge on any atom is -0.504 e. The Bertz CT molecular complexity index is 1680. The van der Waals surface area contributed by atoms with E-state index in [1.54, 1.807) is 7.11 Å². The first-order valence-corrected chi connectivity index (χ1v) is 25.3. The molecule has 3 unspecified atom stereocenters. The highest BCUT2D eigenvalue weighted by Gasteiger charge is 2.48. The van der Waals surface area contributed by atoms with Crippen molar-refractivity contribution in [3.63, 3.8) is 0 Å². The fraction of sp³-hybridized carbons (Fsp3) is 0.735. The van der Waals surface area contributed by atoms with Crippen LogP contribution in [-0.4, -0.2) is 122 Å². The Hall–Kier alpha value is -3.78. The highest BCUT2D eigenvalue weighted by molar-refractivity contribution is 8.00. The standard InChI is InChI=1S/C49H78N6O7S/c1-6-8-24-45(57)53(27-17-10-9-16-26-50-44(56)23-15-14-22-43-46-40(34-63-43)51-49(60)52-46)28-18-11-19-29-55(41-21-13-12-20-35(41)3)47(58)37-25-30-54-32-36(7-2)38(31-42(37)54)39(33-61-4)48(59)62-5/h12-13,20-21,33,36-38,40,42-43,46H,6-11,14-19,22-32,34H2,1-5H3,(H,50,56)(H2,51,52,60)/b39-33+/t36-,37-,38-,40?,42?,43-,46?/m0/s1. The number of nitrogens with zero attached hydrogens (tertiary/aromatic N) is 3. The second kappa shape index (κ2) is 26.2. The molecule has 0 aromatic heterocycles. The van der Waals surface area contributed by atoms with E-state index >= 15 is 0 Å². The van der Waals surface area contributed by atoms with Gasteiger partial charge in [0.25, 0.3) is 0 Å². The average Bonchev–Trinajstić information content (AvgIpc) is 3.99. The van der Waals surface area contributed by atoms with E-state index < -0.39 is 0 Å². The molecule has 3 N–H and O–H groups in total. The molecular formula is C49H78N6O7S. The topological polar surface area (TPSA) is 150 Å². The summed E-state index contributed by atoms with van der Waals surface area (Å²) in [5, 5.41) is 9.54. The Morgan fingerprint density at radius 3 is 2.38 bits per heavy atom. The predicted molar refractivity (Wildman–Crippen MR) is 251 cm³/mol. The highest BCUT2D eigenvalue weighted by Crippen LogP contribution is 2.43. The molecule has 1 aromatic rings. The Kier molecular flexibility index (Phi) is 20.9. The third kappa shape index (κ3) is 14.4. The van der Waals surface area contributed by atoms with Gasteiger partial charge in [-0.2, -0.15) is 11.8 Å². The quantitative estimate of drug-likeness (QED) is 0.0271. The van der Waals surface area contributed by atoms with Gasteiger partial charge >= 0.3 is 12.0 Å². The molecular weight excluding hydrogens is 817 g/mol. The van der Waals surface area contributed by atoms with Gasteiger partial charge in [-0.15, -0.1) is 0 Å². The summed E-state index contributed by atoms with van der Waals surface area (Å²) in [4.78, 5) is 71.5. The van der Waals surface area contributed by atoms with Crippen LogP contribution in [0.2, 0.25) is 0 Å². The van der Waals surface area contributed by atoms with E-state index in [-0.39, 0.29) is 65.6 Å². The minimum atomic E-state index is -0.365. The summed E-state index contributed by atoms with van der Waals surface area (Å²) < 4.78 is 10.5. The van der Waals surface area contributed by atoms with E-state index in [9.17, 15) is 24.0 Å². The van der Waals surface area contributed by atoms with Crippen LogP contribution in [-0.2, 0) is 28.7 Å². The van der Waals surface area contributed by atoms with Gasteiger partial charge in [-0.05, 0) is 101 Å². The number of benzene rings is 1. The van der Waals surface area contributed by atoms with Gasteiger partial charge in [0.2, 0.25) is 17.7 Å². The molecule has 0 bridgehead atoms. The first-order valence-electron chi connectivity index (χ1n) is 24.2. The van der Waals surface area contributed by atoms with Crippen LogP contribution in [0.5, 0.6) is 0 Å². The van der Waals surface area contributed by atoms with Crippen LogP contribution in [0.3, 0.4) is 0 Å². The molecule has 14 heteroatoms. The van der Waals surface area contributed by atoms with Crippen LogP contribution in [0.15, 0.2) is 36.1 Å². The highest BCUT2D eigenvalue weighted by atomic mass is 32.2. The summed E-state index contributed by atoms with van der Waals surface area (Å²) in [6.07, 6.45) is 16.4. The molecule has 63 heavy (non-hydrogen) atoms. The van der Waals surface area contributed by atoms with Crippen LogP contribution < -0.4 is 20.9 Å². The number of unbranched alkanes of at least 4 members (excludes halogenated alkanes) is 7. The number of rotatable bonds is 27. The van der Waals surface area contributed by atoms with Crippen molar-refractivity contribution in [3.8, 4) is 0 Å². The smallest absolute Gasteiger partial charge is 0.337 e. The van der Waals surface area contributed by atoms with Crippen LogP contribution >= 0.6 is 11.8 Å². The van der Waals surface area contributed by atoms with Gasteiger partial charge in [0.1, 0.15) is 0 Å². The number of piperidine rings is 1. The molecule has 0 aliphatic carbocycles. The van der Waals surface area contributed by atoms with Crippen LogP contribution in [0, 0.1) is 24.7 Å². The fourth-order valence-corrected chi connectivity index (χ4v) is 11.9. The van der Waals surface area contributed by atoms with Gasteiger partial charge in [0.15, 0.2) is 0 Å². The van der Waals surface area contributed by atoms with Gasteiger partial charge < -0.3 is 35.2 Å². The second-order valence-electron chi connectivity index (χ2n) is 18.2. The van der Waals surface area contributed by atoms with Gasteiger partial charge in [-0.25, -0.2) is 9.59 Å². The SMILES string of the molecule is CCCCC(=O)N(CCCCCCNC(=O)CCCC[C@@H]1SCC2NC(=O)NC21)CCCCCN(C(=O)[C@H]1CCN2C[C@H](CC)[C@@H](/C(=C\OC)C(=O)OC)CC12)c1ccccc1C. The van der Waals surface area contributed by atoms with E-state index in [0.717, 1.165) is 133 Å². The first-order chi connectivity index (χ1) is 30.6. The van der Waals surface area contributed by atoms with Gasteiger partial charge in [-0.1, -0.05) is 64.2 Å². The van der Waals surface area contributed by atoms with Crippen molar-refractivity contribution >= 4 is 47.2 Å². The molecule has 1 aromatic carbocycles. The number of fused-ring (bicyclic) bond motifs is 2. The summed E-state index contributed by atoms with van der Waals surface area (Å²) in [7, 11) is 2.97. The summed E-state index contributed by atoms with van der Waals surface area (Å²) in [5.41, 5.74) is 2.58. The molecule has 4 fully saturated rings. The van der Waals surface area contributed by atoms with Crippen molar-refractivity contribution in [2.45, 2.75) is 153 Å². The monoisotopic (exact) mass is 895 g/mol. The van der Waals surface area contributed by atoms with Crippen molar-refractivity contribution < 1.29 is 33.4 Å². The number of thioether (sulfide) groups is 1. The number of ether oxygens (including phenoxy) is 2. The van der Waals surface area contributed by atoms with E-state index in [2.05, 4.69) is 58.7 Å². The molecule has 4 aliphatic heterocycles. The first kappa shape index (κ1) is 50.2. The van der Waals surface area contributed by atoms with Gasteiger partial charge in [-0.3, -0.25) is 19.3 Å². The molecule has 0 saturated carbocycles. The summed E-state index contributed by atoms with van der Waals surface area (Å²) >= 11 is 1.92. The number of hydrogen-bond donors (Lipinski definition) is 3. The van der Waals surface area contributed by atoms with Crippen LogP contribution in [0.1, 0.15) is 129 Å². The number of methoxy groups -OCH3 is 2. The normalized spacial score (nSPS) is 24.2. The maximum Gasteiger partial charge on any atom is 0.337 e. The number of aryl methyl sites for hydroxylation is 1. The fourth-order valence-electron chi connectivity index (χ4n) is 10.3. The third-order valence-corrected chi connectivity index (χ3v) is 15.4. The Labute approximate surface area is 381 Å². The molecule has 4 heterocycles. The number of anilines is 1. The van der Waals surface area contributed by atoms with E-state index in [1.807, 2.05) is 28.8 Å². The lowest BCUT2D eigenvalue weighted by Gasteiger charge is -2.43. The Morgan fingerprint density at radius 2 is 1.65 bits per heavy atom. The predicted octanol–water partition coefficient (Wildman–Crippen LogP) is 7.36. The van der Waals surface area contributed by atoms with E-state index in [0.29, 0.717) is 43.2 Å². The Morgan fingerprint density at radius 1 is 0.905 bits per heavy atom. The minimum absolute atomic E-state index is 0.0380. The van der Waals surface area contributed by atoms with Crippen molar-refractivity contribution in [2.24, 2.45) is 17.8 Å². The maximum atomic E-state index is 14.7. The lowest BCUT2D eigenvalue weighted by Crippen LogP contribution is -2.50. The molecule has 4 saturated heterocycles. The molecule has 0 spiro atoms. The molecule has 0 radical (unpaired) electrons. The third-order valence-electron chi connectivity index (χ3n) is 13.9. The lowest BCUT2D eigenvalue weighted by atomic mass is 9.74. The molecule has 4 aliphatic rings. The number of hydrogen-bond acceptors (Lipinski definition) is 9. The molecule has 7 atom stereocenters. The number of nitrogens with one attached hydrogen (secondary N) is 3. The Balaban J connectivity index is 1.04. The van der Waals surface area contributed by atoms with Crippen molar-refractivity contribution in [2.75, 3.05) is 64.1 Å². The second-order valence-corrected chi connectivity index (χ2v) is 19.5. The number of amides is 5. The molecule has 352 valence electrons.